The molecule has 0 radical (unpaired) electrons. The lowest BCUT2D eigenvalue weighted by atomic mass is 10.1. The van der Waals surface area contributed by atoms with Gasteiger partial charge in [0.25, 0.3) is 0 Å². The second kappa shape index (κ2) is 8.11. The minimum atomic E-state index is -0.396. The van der Waals surface area contributed by atoms with Crippen molar-refractivity contribution in [3.8, 4) is 0 Å². The van der Waals surface area contributed by atoms with Gasteiger partial charge in [-0.15, -0.1) is 11.3 Å². The number of hydrogen-bond donors (Lipinski definition) is 1. The van der Waals surface area contributed by atoms with Gasteiger partial charge in [0.05, 0.1) is 21.4 Å². The molecule has 0 aromatic carbocycles. The number of esters is 1. The number of carbonyl (C=O) groups excluding carboxylic acids is 2. The van der Waals surface area contributed by atoms with Crippen LogP contribution in [0.25, 0.3) is 0 Å². The number of aromatic nitrogens is 2. The number of thiophene rings is 1. The van der Waals surface area contributed by atoms with Crippen molar-refractivity contribution in [3.05, 3.63) is 31.5 Å². The van der Waals surface area contributed by atoms with Gasteiger partial charge in [0, 0.05) is 24.0 Å². The van der Waals surface area contributed by atoms with Crippen molar-refractivity contribution in [2.75, 3.05) is 11.9 Å². The number of hydrogen-bond acceptors (Lipinski definition) is 5. The number of ether oxygens (including phenoxy) is 1. The first-order valence-electron chi connectivity index (χ1n) is 7.60. The summed E-state index contributed by atoms with van der Waals surface area (Å²) in [6, 6.07) is 0. The quantitative estimate of drug-likeness (QED) is 0.526. The largest absolute Gasteiger partial charge is 0.462 e. The number of rotatable bonds is 6. The third kappa shape index (κ3) is 4.35. The molecule has 0 saturated heterocycles. The predicted octanol–water partition coefficient (Wildman–Crippen LogP) is 3.68. The van der Waals surface area contributed by atoms with Crippen LogP contribution in [0.15, 0.2) is 6.20 Å². The lowest BCUT2D eigenvalue weighted by Crippen LogP contribution is -2.16. The van der Waals surface area contributed by atoms with Gasteiger partial charge in [-0.25, -0.2) is 4.79 Å². The molecular weight excluding hydrogens is 441 g/mol. The van der Waals surface area contributed by atoms with Crippen LogP contribution in [0.5, 0.6) is 0 Å². The topological polar surface area (TPSA) is 73.2 Å². The maximum Gasteiger partial charge on any atom is 0.341 e. The molecule has 2 heterocycles. The summed E-state index contributed by atoms with van der Waals surface area (Å²) in [6.07, 6.45) is 2.20. The number of anilines is 1. The normalized spacial score (nSPS) is 10.7. The third-order valence-electron chi connectivity index (χ3n) is 3.57. The maximum atomic E-state index is 12.2. The van der Waals surface area contributed by atoms with Crippen molar-refractivity contribution < 1.29 is 14.3 Å². The Morgan fingerprint density at radius 1 is 1.38 bits per heavy atom. The van der Waals surface area contributed by atoms with Crippen LogP contribution in [-0.4, -0.2) is 28.3 Å². The van der Waals surface area contributed by atoms with Gasteiger partial charge in [-0.3, -0.25) is 9.48 Å². The number of halogens is 1. The van der Waals surface area contributed by atoms with Gasteiger partial charge in [-0.1, -0.05) is 0 Å². The molecule has 1 amide bonds. The van der Waals surface area contributed by atoms with Crippen molar-refractivity contribution in [3.63, 3.8) is 0 Å². The Balaban J connectivity index is 2.06. The summed E-state index contributed by atoms with van der Waals surface area (Å²) in [7, 11) is 0. The lowest BCUT2D eigenvalue weighted by molar-refractivity contribution is -0.116. The Kier molecular flexibility index (Phi) is 6.39. The zero-order valence-electron chi connectivity index (χ0n) is 14.1. The van der Waals surface area contributed by atoms with Crippen molar-refractivity contribution in [1.82, 2.24) is 9.78 Å². The average Bonchev–Trinajstić information content (AvgIpc) is 2.97. The van der Waals surface area contributed by atoms with Gasteiger partial charge in [-0.05, 0) is 55.8 Å². The molecule has 130 valence electrons. The Labute approximate surface area is 158 Å². The third-order valence-corrected chi connectivity index (χ3v) is 5.75. The zero-order chi connectivity index (χ0) is 17.9. The van der Waals surface area contributed by atoms with Crippen LogP contribution >= 0.6 is 33.9 Å². The van der Waals surface area contributed by atoms with E-state index in [0.29, 0.717) is 23.7 Å². The number of amides is 1. The Hall–Kier alpha value is -1.42. The van der Waals surface area contributed by atoms with E-state index in [-0.39, 0.29) is 12.3 Å². The predicted molar refractivity (Wildman–Crippen MR) is 103 cm³/mol. The van der Waals surface area contributed by atoms with Gasteiger partial charge < -0.3 is 10.1 Å². The van der Waals surface area contributed by atoms with E-state index in [0.717, 1.165) is 19.7 Å². The van der Waals surface area contributed by atoms with E-state index in [4.69, 9.17) is 4.74 Å². The van der Waals surface area contributed by atoms with Crippen LogP contribution < -0.4 is 5.32 Å². The van der Waals surface area contributed by atoms with Crippen LogP contribution in [0.4, 0.5) is 5.00 Å². The number of nitrogens with zero attached hydrogens (tertiary/aromatic N) is 2. The second-order valence-corrected chi connectivity index (χ2v) is 7.72. The highest BCUT2D eigenvalue weighted by molar-refractivity contribution is 14.1. The van der Waals surface area contributed by atoms with Gasteiger partial charge in [-0.2, -0.15) is 5.10 Å². The van der Waals surface area contributed by atoms with E-state index >= 15 is 0 Å². The number of carbonyl (C=O) groups is 2. The molecule has 0 atom stereocenters. The first-order chi connectivity index (χ1) is 11.3. The molecule has 24 heavy (non-hydrogen) atoms. The molecule has 0 fully saturated rings. The molecule has 2 rings (SSSR count). The first-order valence-corrected chi connectivity index (χ1v) is 9.49. The first kappa shape index (κ1) is 18.9. The molecule has 8 heteroatoms. The van der Waals surface area contributed by atoms with Crippen LogP contribution in [0.2, 0.25) is 0 Å². The van der Waals surface area contributed by atoms with E-state index in [9.17, 15) is 9.59 Å². The van der Waals surface area contributed by atoms with Gasteiger partial charge in [0.15, 0.2) is 0 Å². The summed E-state index contributed by atoms with van der Waals surface area (Å²) in [6.45, 7) is 8.28. The highest BCUT2D eigenvalue weighted by Crippen LogP contribution is 2.33. The summed E-state index contributed by atoms with van der Waals surface area (Å²) < 4.78 is 7.92. The highest BCUT2D eigenvalue weighted by Gasteiger charge is 2.22. The standard InChI is InChI=1S/C16H20IN3O3S/c1-5-23-16(22)14-9(2)11(4)24-15(14)18-13(21)6-7-20-8-12(17)10(3)19-20/h8H,5-7H2,1-4H3,(H,18,21). The minimum Gasteiger partial charge on any atom is -0.462 e. The number of nitrogens with one attached hydrogen (secondary N) is 1. The fourth-order valence-corrected chi connectivity index (χ4v) is 3.67. The summed E-state index contributed by atoms with van der Waals surface area (Å²) >= 11 is 3.61. The molecule has 0 aliphatic heterocycles. The Morgan fingerprint density at radius 3 is 2.67 bits per heavy atom. The van der Waals surface area contributed by atoms with Crippen molar-refractivity contribution in [1.29, 1.82) is 0 Å². The molecule has 1 N–H and O–H groups in total. The van der Waals surface area contributed by atoms with E-state index in [2.05, 4.69) is 33.0 Å². The molecule has 0 aliphatic rings. The van der Waals surface area contributed by atoms with E-state index in [1.54, 1.807) is 11.6 Å². The molecule has 0 aliphatic carbocycles. The maximum absolute atomic E-state index is 12.2. The zero-order valence-corrected chi connectivity index (χ0v) is 17.1. The van der Waals surface area contributed by atoms with Crippen LogP contribution in [0, 0.1) is 24.3 Å². The van der Waals surface area contributed by atoms with Crippen LogP contribution in [-0.2, 0) is 16.1 Å². The Bertz CT molecular complexity index is 747. The Morgan fingerprint density at radius 2 is 2.08 bits per heavy atom. The highest BCUT2D eigenvalue weighted by atomic mass is 127. The second-order valence-electron chi connectivity index (χ2n) is 5.33. The fourth-order valence-electron chi connectivity index (χ4n) is 2.18. The van der Waals surface area contributed by atoms with E-state index in [1.165, 1.54) is 11.3 Å². The smallest absolute Gasteiger partial charge is 0.341 e. The minimum absolute atomic E-state index is 0.148. The van der Waals surface area contributed by atoms with Crippen molar-refractivity contribution in [2.45, 2.75) is 40.7 Å². The van der Waals surface area contributed by atoms with E-state index < -0.39 is 5.97 Å². The summed E-state index contributed by atoms with van der Waals surface area (Å²) in [5.74, 6) is -0.545. The van der Waals surface area contributed by atoms with Crippen LogP contribution in [0.1, 0.15) is 39.8 Å². The number of aryl methyl sites for hydroxylation is 3. The fraction of sp³-hybridized carbons (Fsp3) is 0.438. The van der Waals surface area contributed by atoms with Crippen LogP contribution in [0.3, 0.4) is 0 Å². The average molecular weight is 461 g/mol. The molecule has 0 saturated carbocycles. The SMILES string of the molecule is CCOC(=O)c1c(NC(=O)CCn2cc(I)c(C)n2)sc(C)c1C. The molecule has 2 aromatic heterocycles. The van der Waals surface area contributed by atoms with Crippen molar-refractivity contribution >= 4 is 50.8 Å². The van der Waals surface area contributed by atoms with Gasteiger partial charge >= 0.3 is 5.97 Å². The molecular formula is C16H20IN3O3S. The van der Waals surface area contributed by atoms with Gasteiger partial charge in [0.2, 0.25) is 5.91 Å². The molecule has 0 spiro atoms. The monoisotopic (exact) mass is 461 g/mol. The molecule has 2 aromatic rings. The molecule has 6 nitrogen and oxygen atoms in total. The summed E-state index contributed by atoms with van der Waals surface area (Å²) in [4.78, 5) is 25.3. The summed E-state index contributed by atoms with van der Waals surface area (Å²) in [5, 5.41) is 7.73. The van der Waals surface area contributed by atoms with Crippen molar-refractivity contribution in [2.24, 2.45) is 0 Å². The van der Waals surface area contributed by atoms with E-state index in [1.807, 2.05) is 27.0 Å². The summed E-state index contributed by atoms with van der Waals surface area (Å²) in [5.41, 5.74) is 2.26. The van der Waals surface area contributed by atoms with Gasteiger partial charge in [0.1, 0.15) is 5.00 Å². The molecule has 0 unspecified atom stereocenters. The molecule has 0 bridgehead atoms. The lowest BCUT2D eigenvalue weighted by Gasteiger charge is -2.07.